The van der Waals surface area contributed by atoms with E-state index in [2.05, 4.69) is 18.8 Å². The van der Waals surface area contributed by atoms with E-state index >= 15 is 0 Å². The highest BCUT2D eigenvalue weighted by atomic mass is 14.7. The molecule has 0 unspecified atom stereocenters. The Hall–Kier alpha value is -0.850. The zero-order chi connectivity index (χ0) is 7.56. The summed E-state index contributed by atoms with van der Waals surface area (Å²) in [5, 5.41) is 0. The highest BCUT2D eigenvalue weighted by Gasteiger charge is 1.95. The van der Waals surface area contributed by atoms with Gasteiger partial charge in [0.1, 0.15) is 0 Å². The summed E-state index contributed by atoms with van der Waals surface area (Å²) < 4.78 is 7.29. The standard InChI is InChI=1S/C8H11N/c1-7(2)8-5-3-4-6-9-8/h3-7H,1-2H3/i3D. The summed E-state index contributed by atoms with van der Waals surface area (Å²) >= 11 is 0. The third-order valence-corrected chi connectivity index (χ3v) is 1.22. The molecule has 0 amide bonds. The molecule has 1 aromatic heterocycles. The van der Waals surface area contributed by atoms with E-state index in [4.69, 9.17) is 1.37 Å². The number of aromatic nitrogens is 1. The molecule has 0 atom stereocenters. The lowest BCUT2D eigenvalue weighted by molar-refractivity contribution is 0.823. The van der Waals surface area contributed by atoms with E-state index in [1.807, 2.05) is 0 Å². The van der Waals surface area contributed by atoms with Crippen molar-refractivity contribution in [3.05, 3.63) is 30.1 Å². The predicted molar refractivity (Wildman–Crippen MR) is 38.3 cm³/mol. The Balaban J connectivity index is 2.96. The fourth-order valence-electron chi connectivity index (χ4n) is 0.653. The molecule has 0 aliphatic rings. The molecule has 9 heavy (non-hydrogen) atoms. The molecular formula is C8H11N. The Morgan fingerprint density at radius 1 is 1.67 bits per heavy atom. The molecule has 0 aliphatic carbocycles. The fourth-order valence-corrected chi connectivity index (χ4v) is 0.653. The average molecular weight is 122 g/mol. The fraction of sp³-hybridized carbons (Fsp3) is 0.375. The van der Waals surface area contributed by atoms with Crippen LogP contribution in [0, 0.1) is 0 Å². The summed E-state index contributed by atoms with van der Waals surface area (Å²) in [5.41, 5.74) is 0.993. The van der Waals surface area contributed by atoms with Crippen molar-refractivity contribution in [1.29, 1.82) is 0 Å². The Morgan fingerprint density at radius 2 is 2.44 bits per heavy atom. The van der Waals surface area contributed by atoms with E-state index in [-0.39, 0.29) is 0 Å². The molecule has 1 rings (SSSR count). The van der Waals surface area contributed by atoms with Crippen molar-refractivity contribution in [2.45, 2.75) is 19.8 Å². The Labute approximate surface area is 57.2 Å². The van der Waals surface area contributed by atoms with Crippen molar-refractivity contribution in [3.63, 3.8) is 0 Å². The predicted octanol–water partition coefficient (Wildman–Crippen LogP) is 2.21. The lowest BCUT2D eigenvalue weighted by Gasteiger charge is -2.00. The van der Waals surface area contributed by atoms with E-state index in [1.54, 1.807) is 18.3 Å². The number of rotatable bonds is 1. The van der Waals surface area contributed by atoms with Gasteiger partial charge in [-0.3, -0.25) is 4.98 Å². The summed E-state index contributed by atoms with van der Waals surface area (Å²) in [5.74, 6) is 0.422. The molecule has 0 bridgehead atoms. The first-order chi connectivity index (χ1) is 4.70. The molecule has 0 saturated heterocycles. The maximum absolute atomic E-state index is 7.29. The van der Waals surface area contributed by atoms with Gasteiger partial charge < -0.3 is 0 Å². The summed E-state index contributed by atoms with van der Waals surface area (Å²) in [6, 6.07) is 4.02. The maximum Gasteiger partial charge on any atom is 0.0624 e. The van der Waals surface area contributed by atoms with Gasteiger partial charge in [-0.25, -0.2) is 0 Å². The zero-order valence-electron chi connectivity index (χ0n) is 6.76. The van der Waals surface area contributed by atoms with Gasteiger partial charge >= 0.3 is 0 Å². The van der Waals surface area contributed by atoms with Crippen molar-refractivity contribution in [3.8, 4) is 0 Å². The minimum absolute atomic E-state index is 0.422. The first-order valence-corrected chi connectivity index (χ1v) is 3.12. The van der Waals surface area contributed by atoms with Crippen molar-refractivity contribution in [2.24, 2.45) is 0 Å². The monoisotopic (exact) mass is 122 g/mol. The average Bonchev–Trinajstić information content (AvgIpc) is 1.88. The Bertz CT molecular complexity index is 220. The van der Waals surface area contributed by atoms with Gasteiger partial charge in [0, 0.05) is 11.9 Å². The van der Waals surface area contributed by atoms with Crippen molar-refractivity contribution in [1.82, 2.24) is 4.98 Å². The molecule has 0 spiro atoms. The molecule has 1 aromatic rings. The van der Waals surface area contributed by atoms with Crippen molar-refractivity contribution < 1.29 is 1.37 Å². The Morgan fingerprint density at radius 3 is 2.89 bits per heavy atom. The first-order valence-electron chi connectivity index (χ1n) is 3.62. The van der Waals surface area contributed by atoms with Crippen LogP contribution in [-0.4, -0.2) is 4.98 Å². The van der Waals surface area contributed by atoms with Gasteiger partial charge in [0.2, 0.25) is 0 Å². The highest BCUT2D eigenvalue weighted by molar-refractivity contribution is 5.06. The molecule has 1 heteroatoms. The lowest BCUT2D eigenvalue weighted by atomic mass is 10.1. The minimum Gasteiger partial charge on any atom is -0.261 e. The second kappa shape index (κ2) is 2.62. The van der Waals surface area contributed by atoms with E-state index in [1.165, 1.54) is 0 Å². The number of hydrogen-bond donors (Lipinski definition) is 0. The molecule has 0 aromatic carbocycles. The van der Waals surface area contributed by atoms with Crippen LogP contribution in [0.1, 0.15) is 26.8 Å². The summed E-state index contributed by atoms with van der Waals surface area (Å²) in [6.07, 6.45) is 1.68. The molecule has 48 valence electrons. The van der Waals surface area contributed by atoms with Crippen LogP contribution in [0.15, 0.2) is 24.4 Å². The van der Waals surface area contributed by atoms with Crippen molar-refractivity contribution >= 4 is 0 Å². The molecule has 0 saturated carbocycles. The quantitative estimate of drug-likeness (QED) is 0.556. The van der Waals surface area contributed by atoms with Crippen LogP contribution in [0.4, 0.5) is 0 Å². The maximum atomic E-state index is 7.29. The molecule has 1 nitrogen and oxygen atoms in total. The van der Waals surface area contributed by atoms with Crippen LogP contribution in [0.3, 0.4) is 0 Å². The van der Waals surface area contributed by atoms with Gasteiger partial charge in [0.15, 0.2) is 0 Å². The molecule has 0 aliphatic heterocycles. The first kappa shape index (κ1) is 4.98. The van der Waals surface area contributed by atoms with Gasteiger partial charge in [-0.1, -0.05) is 19.9 Å². The third kappa shape index (κ3) is 1.53. The van der Waals surface area contributed by atoms with Crippen LogP contribution in [0.5, 0.6) is 0 Å². The van der Waals surface area contributed by atoms with E-state index < -0.39 is 0 Å². The smallest absolute Gasteiger partial charge is 0.0624 e. The van der Waals surface area contributed by atoms with Gasteiger partial charge in [-0.2, -0.15) is 0 Å². The minimum atomic E-state index is 0.422. The highest BCUT2D eigenvalue weighted by Crippen LogP contribution is 2.08. The van der Waals surface area contributed by atoms with Crippen molar-refractivity contribution in [2.75, 3.05) is 0 Å². The summed E-state index contributed by atoms with van der Waals surface area (Å²) in [6.45, 7) is 4.14. The molecule has 0 fully saturated rings. The van der Waals surface area contributed by atoms with Crippen LogP contribution in [-0.2, 0) is 0 Å². The Kier molecular flexibility index (Phi) is 1.45. The van der Waals surface area contributed by atoms with Gasteiger partial charge in [-0.15, -0.1) is 0 Å². The van der Waals surface area contributed by atoms with Crippen LogP contribution in [0.25, 0.3) is 0 Å². The SMILES string of the molecule is [2H]c1ccnc(C(C)C)c1. The summed E-state index contributed by atoms with van der Waals surface area (Å²) in [4.78, 5) is 4.12. The van der Waals surface area contributed by atoms with E-state index in [0.717, 1.165) is 5.69 Å². The normalized spacial score (nSPS) is 11.7. The number of nitrogens with zero attached hydrogens (tertiary/aromatic N) is 1. The second-order valence-electron chi connectivity index (χ2n) is 2.34. The molecule has 0 N–H and O–H groups in total. The van der Waals surface area contributed by atoms with Crippen LogP contribution >= 0.6 is 0 Å². The van der Waals surface area contributed by atoms with Gasteiger partial charge in [-0.05, 0) is 18.1 Å². The van der Waals surface area contributed by atoms with Gasteiger partial charge in [0.05, 0.1) is 1.37 Å². The third-order valence-electron chi connectivity index (χ3n) is 1.22. The van der Waals surface area contributed by atoms with Gasteiger partial charge in [0.25, 0.3) is 0 Å². The zero-order valence-corrected chi connectivity index (χ0v) is 5.76. The number of hydrogen-bond acceptors (Lipinski definition) is 1. The summed E-state index contributed by atoms with van der Waals surface area (Å²) in [7, 11) is 0. The van der Waals surface area contributed by atoms with E-state index in [9.17, 15) is 0 Å². The molecule has 0 radical (unpaired) electrons. The molecular weight excluding hydrogens is 110 g/mol. The topological polar surface area (TPSA) is 12.9 Å². The van der Waals surface area contributed by atoms with E-state index in [0.29, 0.717) is 12.0 Å². The van der Waals surface area contributed by atoms with Crippen LogP contribution in [0.2, 0.25) is 0 Å². The largest absolute Gasteiger partial charge is 0.261 e. The second-order valence-corrected chi connectivity index (χ2v) is 2.34. The van der Waals surface area contributed by atoms with Crippen LogP contribution < -0.4 is 0 Å². The lowest BCUT2D eigenvalue weighted by Crippen LogP contribution is -1.88. The molecule has 1 heterocycles. The number of pyridine rings is 1.